The molecule has 3 nitrogen and oxygen atoms in total. The van der Waals surface area contributed by atoms with Crippen molar-refractivity contribution in [1.82, 2.24) is 14.1 Å². The lowest BCUT2D eigenvalue weighted by Gasteiger charge is -2.16. The lowest BCUT2D eigenvalue weighted by atomic mass is 10.0. The molecule has 1 heterocycles. The van der Waals surface area contributed by atoms with Gasteiger partial charge < -0.3 is 5.32 Å². The third-order valence-electron chi connectivity index (χ3n) is 2.70. The van der Waals surface area contributed by atoms with Gasteiger partial charge in [0.05, 0.1) is 29.7 Å². The molecule has 2 aromatic rings. The highest BCUT2D eigenvalue weighted by molar-refractivity contribution is 6.99. The third kappa shape index (κ3) is 3.58. The van der Waals surface area contributed by atoms with E-state index >= 15 is 0 Å². The zero-order valence-electron chi connectivity index (χ0n) is 10.3. The maximum absolute atomic E-state index is 13.2. The van der Waals surface area contributed by atoms with Gasteiger partial charge >= 0.3 is 0 Å². The summed E-state index contributed by atoms with van der Waals surface area (Å²) in [6.45, 7) is 3.03. The quantitative estimate of drug-likeness (QED) is 0.872. The molecule has 0 aliphatic heterocycles. The van der Waals surface area contributed by atoms with Crippen molar-refractivity contribution in [2.24, 2.45) is 0 Å². The van der Waals surface area contributed by atoms with Crippen LogP contribution in [0.4, 0.5) is 4.39 Å². The standard InChI is InChI=1S/C13H16FN3S/c1-2-6-15-12(13-9-16-18-17-13)8-10-4-3-5-11(14)7-10/h3-5,7,9,12,15H,2,6,8H2,1H3. The van der Waals surface area contributed by atoms with Crippen LogP contribution in [0.25, 0.3) is 0 Å². The van der Waals surface area contributed by atoms with Crippen molar-refractivity contribution >= 4 is 11.7 Å². The molecule has 0 fully saturated rings. The molecule has 0 aliphatic rings. The first-order chi connectivity index (χ1) is 8.79. The minimum atomic E-state index is -0.196. The summed E-state index contributed by atoms with van der Waals surface area (Å²) in [5, 5.41) is 3.42. The molecule has 96 valence electrons. The Hall–Kier alpha value is -1.33. The van der Waals surface area contributed by atoms with Crippen LogP contribution in [-0.4, -0.2) is 15.3 Å². The first kappa shape index (κ1) is 13.1. The van der Waals surface area contributed by atoms with Gasteiger partial charge in [-0.1, -0.05) is 19.1 Å². The fourth-order valence-electron chi connectivity index (χ4n) is 1.82. The first-order valence-corrected chi connectivity index (χ1v) is 6.78. The van der Waals surface area contributed by atoms with Gasteiger partial charge in [-0.25, -0.2) is 4.39 Å². The molecule has 18 heavy (non-hydrogen) atoms. The van der Waals surface area contributed by atoms with E-state index in [1.54, 1.807) is 18.3 Å². The fraction of sp³-hybridized carbons (Fsp3) is 0.385. The van der Waals surface area contributed by atoms with E-state index in [-0.39, 0.29) is 11.9 Å². The number of nitrogens with one attached hydrogen (secondary N) is 1. The molecule has 1 N–H and O–H groups in total. The molecule has 0 spiro atoms. The van der Waals surface area contributed by atoms with Gasteiger partial charge in [0.1, 0.15) is 5.82 Å². The summed E-state index contributed by atoms with van der Waals surface area (Å²) >= 11 is 1.20. The molecule has 1 atom stereocenters. The average molecular weight is 265 g/mol. The van der Waals surface area contributed by atoms with E-state index in [9.17, 15) is 4.39 Å². The summed E-state index contributed by atoms with van der Waals surface area (Å²) in [6, 6.07) is 6.80. The van der Waals surface area contributed by atoms with Gasteiger partial charge in [-0.05, 0) is 37.1 Å². The van der Waals surface area contributed by atoms with E-state index < -0.39 is 0 Å². The highest BCUT2D eigenvalue weighted by Crippen LogP contribution is 2.17. The zero-order chi connectivity index (χ0) is 12.8. The van der Waals surface area contributed by atoms with Crippen LogP contribution in [-0.2, 0) is 6.42 Å². The van der Waals surface area contributed by atoms with Crippen molar-refractivity contribution in [3.8, 4) is 0 Å². The monoisotopic (exact) mass is 265 g/mol. The van der Waals surface area contributed by atoms with Crippen molar-refractivity contribution in [1.29, 1.82) is 0 Å². The van der Waals surface area contributed by atoms with Gasteiger partial charge in [-0.3, -0.25) is 0 Å². The molecule has 0 amide bonds. The molecular weight excluding hydrogens is 249 g/mol. The van der Waals surface area contributed by atoms with E-state index in [1.807, 2.05) is 6.07 Å². The zero-order valence-corrected chi connectivity index (χ0v) is 11.1. The fourth-order valence-corrected chi connectivity index (χ4v) is 2.30. The molecule has 1 aromatic carbocycles. The smallest absolute Gasteiger partial charge is 0.123 e. The molecule has 2 rings (SSSR count). The van der Waals surface area contributed by atoms with Crippen molar-refractivity contribution < 1.29 is 4.39 Å². The number of hydrogen-bond acceptors (Lipinski definition) is 4. The second-order valence-electron chi connectivity index (χ2n) is 4.17. The molecule has 0 saturated carbocycles. The molecule has 0 radical (unpaired) electrons. The second-order valence-corrected chi connectivity index (χ2v) is 4.73. The Kier molecular flexibility index (Phi) is 4.78. The molecule has 1 aromatic heterocycles. The Morgan fingerprint density at radius 1 is 1.44 bits per heavy atom. The molecule has 1 unspecified atom stereocenters. The van der Waals surface area contributed by atoms with Crippen LogP contribution in [0.1, 0.15) is 30.6 Å². The van der Waals surface area contributed by atoms with E-state index in [2.05, 4.69) is 21.0 Å². The Morgan fingerprint density at radius 3 is 3.00 bits per heavy atom. The van der Waals surface area contributed by atoms with E-state index in [1.165, 1.54) is 17.8 Å². The number of aromatic nitrogens is 2. The normalized spacial score (nSPS) is 12.6. The van der Waals surface area contributed by atoms with E-state index in [4.69, 9.17) is 0 Å². The molecular formula is C13H16FN3S. The van der Waals surface area contributed by atoms with Gasteiger partial charge in [0.25, 0.3) is 0 Å². The predicted molar refractivity (Wildman–Crippen MR) is 71.0 cm³/mol. The predicted octanol–water partition coefficient (Wildman–Crippen LogP) is 2.96. The van der Waals surface area contributed by atoms with Gasteiger partial charge in [-0.2, -0.15) is 8.75 Å². The number of benzene rings is 1. The first-order valence-electron chi connectivity index (χ1n) is 6.05. The number of halogens is 1. The maximum Gasteiger partial charge on any atom is 0.123 e. The Morgan fingerprint density at radius 2 is 2.33 bits per heavy atom. The lowest BCUT2D eigenvalue weighted by molar-refractivity contribution is 0.519. The highest BCUT2D eigenvalue weighted by atomic mass is 32.1. The van der Waals surface area contributed by atoms with E-state index in [0.29, 0.717) is 0 Å². The van der Waals surface area contributed by atoms with Crippen molar-refractivity contribution in [2.45, 2.75) is 25.8 Å². The molecule has 0 bridgehead atoms. The number of nitrogens with zero attached hydrogens (tertiary/aromatic N) is 2. The van der Waals surface area contributed by atoms with Crippen LogP contribution in [0.5, 0.6) is 0 Å². The summed E-state index contributed by atoms with van der Waals surface area (Å²) in [6.07, 6.45) is 3.55. The second kappa shape index (κ2) is 6.56. The van der Waals surface area contributed by atoms with Gasteiger partial charge in [0.15, 0.2) is 0 Å². The SMILES string of the molecule is CCCNC(Cc1cccc(F)c1)c1cnsn1. The third-order valence-corrected chi connectivity index (χ3v) is 3.20. The summed E-state index contributed by atoms with van der Waals surface area (Å²) in [7, 11) is 0. The topological polar surface area (TPSA) is 37.8 Å². The minimum Gasteiger partial charge on any atom is -0.308 e. The van der Waals surface area contributed by atoms with Gasteiger partial charge in [0.2, 0.25) is 0 Å². The minimum absolute atomic E-state index is 0.102. The number of hydrogen-bond donors (Lipinski definition) is 1. The maximum atomic E-state index is 13.2. The van der Waals surface area contributed by atoms with Crippen LogP contribution in [0, 0.1) is 5.82 Å². The van der Waals surface area contributed by atoms with Crippen molar-refractivity contribution in [3.05, 3.63) is 47.5 Å². The average Bonchev–Trinajstić information content (AvgIpc) is 2.88. The molecule has 0 saturated heterocycles. The van der Waals surface area contributed by atoms with Crippen LogP contribution >= 0.6 is 11.7 Å². The molecule has 5 heteroatoms. The van der Waals surface area contributed by atoms with Crippen LogP contribution in [0.2, 0.25) is 0 Å². The Bertz CT molecular complexity index is 473. The van der Waals surface area contributed by atoms with Crippen LogP contribution in [0.15, 0.2) is 30.5 Å². The molecule has 0 aliphatic carbocycles. The lowest BCUT2D eigenvalue weighted by Crippen LogP contribution is -2.24. The van der Waals surface area contributed by atoms with Gasteiger partial charge in [0, 0.05) is 0 Å². The summed E-state index contributed by atoms with van der Waals surface area (Å²) < 4.78 is 21.5. The Balaban J connectivity index is 2.10. The van der Waals surface area contributed by atoms with Crippen molar-refractivity contribution in [3.63, 3.8) is 0 Å². The number of rotatable bonds is 6. The van der Waals surface area contributed by atoms with Crippen LogP contribution in [0.3, 0.4) is 0 Å². The summed E-state index contributed by atoms with van der Waals surface area (Å²) in [4.78, 5) is 0. The largest absolute Gasteiger partial charge is 0.308 e. The summed E-state index contributed by atoms with van der Waals surface area (Å²) in [5.74, 6) is -0.196. The highest BCUT2D eigenvalue weighted by Gasteiger charge is 2.14. The van der Waals surface area contributed by atoms with E-state index in [0.717, 1.165) is 30.6 Å². The van der Waals surface area contributed by atoms with Crippen LogP contribution < -0.4 is 5.32 Å². The summed E-state index contributed by atoms with van der Waals surface area (Å²) in [5.41, 5.74) is 1.90. The Labute approximate surface area is 110 Å². The van der Waals surface area contributed by atoms with Crippen molar-refractivity contribution in [2.75, 3.05) is 6.54 Å². The van der Waals surface area contributed by atoms with Gasteiger partial charge in [-0.15, -0.1) is 0 Å².